The highest BCUT2D eigenvalue weighted by Gasteiger charge is 2.26. The van der Waals surface area contributed by atoms with E-state index < -0.39 is 5.60 Å². The minimum atomic E-state index is -1.11. The maximum absolute atomic E-state index is 12.3. The Labute approximate surface area is 147 Å². The predicted molar refractivity (Wildman–Crippen MR) is 97.9 cm³/mol. The largest absolute Gasteiger partial charge is 0.383 e. The molecule has 0 spiro atoms. The molecule has 0 aliphatic heterocycles. The van der Waals surface area contributed by atoms with Gasteiger partial charge in [0.2, 0.25) is 0 Å². The first-order valence-corrected chi connectivity index (χ1v) is 8.82. The molecule has 0 bridgehead atoms. The lowest BCUT2D eigenvalue weighted by atomic mass is 10.0. The van der Waals surface area contributed by atoms with Crippen molar-refractivity contribution in [3.8, 4) is 0 Å². The standard InChI is InChI=1S/C18H16BrNO2S/c1-18(22,16-10-12-6-2-5-9-15(12)23-16)11-20-17(21)13-7-3-4-8-14(13)19/h2-10,22H,11H2,1H3,(H,20,21)/t18-/m1/s1. The number of aliphatic hydroxyl groups is 1. The van der Waals surface area contributed by atoms with E-state index in [0.29, 0.717) is 5.56 Å². The van der Waals surface area contributed by atoms with Crippen molar-refractivity contribution in [3.05, 3.63) is 69.5 Å². The van der Waals surface area contributed by atoms with Crippen molar-refractivity contribution in [2.45, 2.75) is 12.5 Å². The van der Waals surface area contributed by atoms with E-state index in [1.807, 2.05) is 48.5 Å². The van der Waals surface area contributed by atoms with E-state index in [2.05, 4.69) is 21.2 Å². The molecule has 0 fully saturated rings. The zero-order valence-electron chi connectivity index (χ0n) is 12.5. The second kappa shape index (κ2) is 6.43. The van der Waals surface area contributed by atoms with Crippen molar-refractivity contribution in [1.82, 2.24) is 5.32 Å². The van der Waals surface area contributed by atoms with Gasteiger partial charge in [-0.1, -0.05) is 30.3 Å². The van der Waals surface area contributed by atoms with Crippen molar-refractivity contribution < 1.29 is 9.90 Å². The molecule has 5 heteroatoms. The number of hydrogen-bond acceptors (Lipinski definition) is 3. The Morgan fingerprint density at radius 2 is 1.91 bits per heavy atom. The van der Waals surface area contributed by atoms with Crippen molar-refractivity contribution in [3.63, 3.8) is 0 Å². The summed E-state index contributed by atoms with van der Waals surface area (Å²) in [6, 6.07) is 17.2. The fourth-order valence-corrected chi connectivity index (χ4v) is 3.90. The zero-order chi connectivity index (χ0) is 16.4. The third kappa shape index (κ3) is 3.47. The molecule has 118 valence electrons. The van der Waals surface area contributed by atoms with Crippen LogP contribution < -0.4 is 5.32 Å². The molecule has 0 saturated heterocycles. The van der Waals surface area contributed by atoms with Gasteiger partial charge in [-0.15, -0.1) is 11.3 Å². The molecular weight excluding hydrogens is 374 g/mol. The molecule has 3 aromatic rings. The van der Waals surface area contributed by atoms with Crippen molar-refractivity contribution in [2.75, 3.05) is 6.54 Å². The fraction of sp³-hybridized carbons (Fsp3) is 0.167. The molecule has 1 aromatic heterocycles. The van der Waals surface area contributed by atoms with Crippen LogP contribution in [0.5, 0.6) is 0 Å². The molecule has 3 rings (SSSR count). The van der Waals surface area contributed by atoms with Crippen LogP contribution in [0.3, 0.4) is 0 Å². The molecule has 1 amide bonds. The summed E-state index contributed by atoms with van der Waals surface area (Å²) >= 11 is 4.91. The van der Waals surface area contributed by atoms with Gasteiger partial charge < -0.3 is 10.4 Å². The highest BCUT2D eigenvalue weighted by Crippen LogP contribution is 2.32. The first kappa shape index (κ1) is 16.2. The Balaban J connectivity index is 1.76. The number of nitrogens with one attached hydrogen (secondary N) is 1. The number of amides is 1. The first-order chi connectivity index (χ1) is 11.0. The maximum Gasteiger partial charge on any atom is 0.252 e. The minimum absolute atomic E-state index is 0.153. The van der Waals surface area contributed by atoms with Crippen LogP contribution in [0.4, 0.5) is 0 Å². The van der Waals surface area contributed by atoms with E-state index in [4.69, 9.17) is 0 Å². The van der Waals surface area contributed by atoms with E-state index in [1.165, 1.54) is 0 Å². The van der Waals surface area contributed by atoms with Crippen LogP contribution in [0.1, 0.15) is 22.2 Å². The van der Waals surface area contributed by atoms with Crippen LogP contribution in [0.2, 0.25) is 0 Å². The number of benzene rings is 2. The quantitative estimate of drug-likeness (QED) is 0.698. The molecule has 0 aliphatic carbocycles. The summed E-state index contributed by atoms with van der Waals surface area (Å²) < 4.78 is 1.86. The van der Waals surface area contributed by atoms with Crippen LogP contribution in [0.15, 0.2) is 59.1 Å². The third-order valence-corrected chi connectivity index (χ3v) is 5.73. The molecule has 0 unspecified atom stereocenters. The third-order valence-electron chi connectivity index (χ3n) is 3.67. The second-order valence-corrected chi connectivity index (χ2v) is 7.52. The summed E-state index contributed by atoms with van der Waals surface area (Å²) in [7, 11) is 0. The molecule has 2 aromatic carbocycles. The lowest BCUT2D eigenvalue weighted by molar-refractivity contribution is 0.0557. The van der Waals surface area contributed by atoms with Crippen LogP contribution >= 0.6 is 27.3 Å². The summed E-state index contributed by atoms with van der Waals surface area (Å²) in [6.07, 6.45) is 0. The van der Waals surface area contributed by atoms with Gasteiger partial charge in [-0.05, 0) is 52.5 Å². The van der Waals surface area contributed by atoms with Gasteiger partial charge in [0.15, 0.2) is 0 Å². The van der Waals surface area contributed by atoms with Gasteiger partial charge in [-0.2, -0.15) is 0 Å². The minimum Gasteiger partial charge on any atom is -0.383 e. The molecule has 2 N–H and O–H groups in total. The number of rotatable bonds is 4. The highest BCUT2D eigenvalue weighted by molar-refractivity contribution is 9.10. The van der Waals surface area contributed by atoms with Gasteiger partial charge >= 0.3 is 0 Å². The van der Waals surface area contributed by atoms with Crippen molar-refractivity contribution in [1.29, 1.82) is 0 Å². The van der Waals surface area contributed by atoms with Gasteiger partial charge in [0, 0.05) is 14.0 Å². The summed E-state index contributed by atoms with van der Waals surface area (Å²) in [5.41, 5.74) is -0.555. The fourth-order valence-electron chi connectivity index (χ4n) is 2.33. The van der Waals surface area contributed by atoms with Gasteiger partial charge in [0.25, 0.3) is 5.91 Å². The smallest absolute Gasteiger partial charge is 0.252 e. The number of hydrogen-bond donors (Lipinski definition) is 2. The Bertz CT molecular complexity index is 824. The van der Waals surface area contributed by atoms with Crippen LogP contribution in [0, 0.1) is 0 Å². The monoisotopic (exact) mass is 389 g/mol. The summed E-state index contributed by atoms with van der Waals surface area (Å²) in [5.74, 6) is -0.209. The predicted octanol–water partition coefficient (Wildman–Crippen LogP) is 4.30. The molecule has 1 heterocycles. The van der Waals surface area contributed by atoms with Crippen LogP contribution in [-0.4, -0.2) is 17.6 Å². The SMILES string of the molecule is C[C@@](O)(CNC(=O)c1ccccc1Br)c1cc2ccccc2s1. The maximum atomic E-state index is 12.3. The van der Waals surface area contributed by atoms with Gasteiger partial charge in [-0.25, -0.2) is 0 Å². The Morgan fingerprint density at radius 1 is 1.22 bits per heavy atom. The average Bonchev–Trinajstić information content (AvgIpc) is 2.98. The number of fused-ring (bicyclic) bond motifs is 1. The molecule has 23 heavy (non-hydrogen) atoms. The average molecular weight is 390 g/mol. The van der Waals surface area contributed by atoms with Crippen LogP contribution in [0.25, 0.3) is 10.1 Å². The first-order valence-electron chi connectivity index (χ1n) is 7.21. The summed E-state index contributed by atoms with van der Waals surface area (Å²) in [4.78, 5) is 13.1. The molecule has 3 nitrogen and oxygen atoms in total. The van der Waals surface area contributed by atoms with Gasteiger partial charge in [-0.3, -0.25) is 4.79 Å². The lowest BCUT2D eigenvalue weighted by Crippen LogP contribution is -2.38. The highest BCUT2D eigenvalue weighted by atomic mass is 79.9. The van der Waals surface area contributed by atoms with Crippen molar-refractivity contribution >= 4 is 43.3 Å². The Morgan fingerprint density at radius 3 is 2.65 bits per heavy atom. The van der Waals surface area contributed by atoms with Gasteiger partial charge in [0.05, 0.1) is 12.1 Å². The lowest BCUT2D eigenvalue weighted by Gasteiger charge is -2.22. The molecule has 0 radical (unpaired) electrons. The zero-order valence-corrected chi connectivity index (χ0v) is 14.9. The number of halogens is 1. The topological polar surface area (TPSA) is 49.3 Å². The Kier molecular flexibility index (Phi) is 4.53. The molecule has 0 aliphatic rings. The van der Waals surface area contributed by atoms with E-state index in [9.17, 15) is 9.90 Å². The van der Waals surface area contributed by atoms with E-state index in [-0.39, 0.29) is 12.5 Å². The summed E-state index contributed by atoms with van der Waals surface area (Å²) in [5, 5.41) is 14.6. The van der Waals surface area contributed by atoms with Crippen LogP contribution in [-0.2, 0) is 5.60 Å². The second-order valence-electron chi connectivity index (χ2n) is 5.58. The normalized spacial score (nSPS) is 13.7. The van der Waals surface area contributed by atoms with E-state index in [1.54, 1.807) is 24.3 Å². The number of thiophene rings is 1. The molecular formula is C18H16BrNO2S. The number of carbonyl (C=O) groups excluding carboxylic acids is 1. The van der Waals surface area contributed by atoms with Crippen molar-refractivity contribution in [2.24, 2.45) is 0 Å². The van der Waals surface area contributed by atoms with E-state index >= 15 is 0 Å². The summed E-state index contributed by atoms with van der Waals surface area (Å²) in [6.45, 7) is 1.87. The molecule has 0 saturated carbocycles. The Hall–Kier alpha value is -1.69. The molecule has 1 atom stereocenters. The van der Waals surface area contributed by atoms with Gasteiger partial charge in [0.1, 0.15) is 5.60 Å². The van der Waals surface area contributed by atoms with E-state index in [0.717, 1.165) is 19.4 Å². The number of carbonyl (C=O) groups is 1.